The van der Waals surface area contributed by atoms with Crippen molar-refractivity contribution in [2.75, 3.05) is 11.8 Å². The molecule has 0 saturated heterocycles. The minimum Gasteiger partial charge on any atom is -0.495 e. The minimum atomic E-state index is -3.20. The Kier molecular flexibility index (Phi) is 3.12. The summed E-state index contributed by atoms with van der Waals surface area (Å²) in [6.45, 7) is 0. The standard InChI is InChI=1S/C10H12BrNO3S/c1-15-10-6-7(2-5-9(10)11)12-16(13,14)8-3-4-8/h2,5-6,8,12H,3-4H2,1H3. The van der Waals surface area contributed by atoms with Crippen LogP contribution in [0, 0.1) is 0 Å². The summed E-state index contributed by atoms with van der Waals surface area (Å²) < 4.78 is 31.8. The number of benzene rings is 1. The van der Waals surface area contributed by atoms with Crippen molar-refractivity contribution in [3.63, 3.8) is 0 Å². The average Bonchev–Trinajstić information content (AvgIpc) is 3.04. The summed E-state index contributed by atoms with van der Waals surface area (Å²) in [4.78, 5) is 0. The number of halogens is 1. The topological polar surface area (TPSA) is 55.4 Å². The molecule has 0 aliphatic heterocycles. The lowest BCUT2D eigenvalue weighted by Gasteiger charge is -2.09. The molecule has 2 rings (SSSR count). The smallest absolute Gasteiger partial charge is 0.235 e. The quantitative estimate of drug-likeness (QED) is 0.929. The number of hydrogen-bond acceptors (Lipinski definition) is 3. The van der Waals surface area contributed by atoms with E-state index in [9.17, 15) is 8.42 Å². The molecule has 1 aliphatic carbocycles. The van der Waals surface area contributed by atoms with Crippen LogP contribution in [0.4, 0.5) is 5.69 Å². The highest BCUT2D eigenvalue weighted by Crippen LogP contribution is 2.32. The van der Waals surface area contributed by atoms with Crippen molar-refractivity contribution in [3.8, 4) is 5.75 Å². The summed E-state index contributed by atoms with van der Waals surface area (Å²) in [6, 6.07) is 5.11. The van der Waals surface area contributed by atoms with Gasteiger partial charge in [-0.15, -0.1) is 0 Å². The number of anilines is 1. The van der Waals surface area contributed by atoms with Crippen LogP contribution in [-0.2, 0) is 10.0 Å². The Bertz CT molecular complexity index is 497. The molecule has 1 aromatic rings. The lowest BCUT2D eigenvalue weighted by atomic mass is 10.3. The first-order chi connectivity index (χ1) is 7.53. The van der Waals surface area contributed by atoms with Crippen molar-refractivity contribution in [1.82, 2.24) is 0 Å². The van der Waals surface area contributed by atoms with Crippen LogP contribution in [-0.4, -0.2) is 20.8 Å². The van der Waals surface area contributed by atoms with Crippen LogP contribution in [0.1, 0.15) is 12.8 Å². The molecule has 1 saturated carbocycles. The fourth-order valence-electron chi connectivity index (χ4n) is 1.35. The molecule has 1 N–H and O–H groups in total. The summed E-state index contributed by atoms with van der Waals surface area (Å²) in [7, 11) is -1.66. The van der Waals surface area contributed by atoms with E-state index < -0.39 is 10.0 Å². The molecule has 0 radical (unpaired) electrons. The van der Waals surface area contributed by atoms with Gasteiger partial charge >= 0.3 is 0 Å². The number of ether oxygens (including phenoxy) is 1. The van der Waals surface area contributed by atoms with Gasteiger partial charge in [0.05, 0.1) is 22.5 Å². The molecule has 0 amide bonds. The number of rotatable bonds is 4. The van der Waals surface area contributed by atoms with Gasteiger partial charge in [0.1, 0.15) is 5.75 Å². The number of nitrogens with one attached hydrogen (secondary N) is 1. The van der Waals surface area contributed by atoms with Crippen LogP contribution in [0.3, 0.4) is 0 Å². The highest BCUT2D eigenvalue weighted by molar-refractivity contribution is 9.10. The van der Waals surface area contributed by atoms with Crippen molar-refractivity contribution in [2.45, 2.75) is 18.1 Å². The molecule has 0 spiro atoms. The van der Waals surface area contributed by atoms with Crippen molar-refractivity contribution in [3.05, 3.63) is 22.7 Å². The predicted molar refractivity (Wildman–Crippen MR) is 66.3 cm³/mol. The Morgan fingerprint density at radius 3 is 2.69 bits per heavy atom. The molecule has 88 valence electrons. The monoisotopic (exact) mass is 305 g/mol. The fraction of sp³-hybridized carbons (Fsp3) is 0.400. The van der Waals surface area contributed by atoms with E-state index in [2.05, 4.69) is 20.7 Å². The molecule has 0 bridgehead atoms. The second kappa shape index (κ2) is 4.25. The first kappa shape index (κ1) is 11.7. The van der Waals surface area contributed by atoms with E-state index in [-0.39, 0.29) is 5.25 Å². The third-order valence-corrected chi connectivity index (χ3v) is 4.90. The second-order valence-electron chi connectivity index (χ2n) is 3.70. The maximum atomic E-state index is 11.7. The van der Waals surface area contributed by atoms with Gasteiger partial charge in [0.25, 0.3) is 0 Å². The summed E-state index contributed by atoms with van der Waals surface area (Å²) >= 11 is 3.31. The SMILES string of the molecule is COc1cc(NS(=O)(=O)C2CC2)ccc1Br. The Morgan fingerprint density at radius 2 is 2.12 bits per heavy atom. The highest BCUT2D eigenvalue weighted by Gasteiger charge is 2.35. The molecule has 1 fully saturated rings. The molecule has 1 aromatic carbocycles. The number of hydrogen-bond donors (Lipinski definition) is 1. The van der Waals surface area contributed by atoms with E-state index in [0.29, 0.717) is 11.4 Å². The van der Waals surface area contributed by atoms with Crippen LogP contribution in [0.25, 0.3) is 0 Å². The van der Waals surface area contributed by atoms with Gasteiger partial charge < -0.3 is 4.74 Å². The number of methoxy groups -OCH3 is 1. The highest BCUT2D eigenvalue weighted by atomic mass is 79.9. The second-order valence-corrected chi connectivity index (χ2v) is 6.51. The largest absolute Gasteiger partial charge is 0.495 e. The molecule has 16 heavy (non-hydrogen) atoms. The van der Waals surface area contributed by atoms with Crippen LogP contribution >= 0.6 is 15.9 Å². The Morgan fingerprint density at radius 1 is 1.44 bits per heavy atom. The van der Waals surface area contributed by atoms with E-state index in [1.807, 2.05) is 0 Å². The van der Waals surface area contributed by atoms with E-state index in [1.165, 1.54) is 0 Å². The van der Waals surface area contributed by atoms with Gasteiger partial charge in [-0.2, -0.15) is 0 Å². The van der Waals surface area contributed by atoms with Crippen LogP contribution in [0.2, 0.25) is 0 Å². The van der Waals surface area contributed by atoms with Gasteiger partial charge in [-0.25, -0.2) is 8.42 Å². The zero-order valence-electron chi connectivity index (χ0n) is 8.73. The van der Waals surface area contributed by atoms with E-state index in [0.717, 1.165) is 17.3 Å². The molecular formula is C10H12BrNO3S. The van der Waals surface area contributed by atoms with Gasteiger partial charge in [-0.05, 0) is 40.9 Å². The Labute approximate surface area is 103 Å². The molecular weight excluding hydrogens is 294 g/mol. The molecule has 0 unspecified atom stereocenters. The summed E-state index contributed by atoms with van der Waals surface area (Å²) in [5.41, 5.74) is 0.534. The summed E-state index contributed by atoms with van der Waals surface area (Å²) in [5.74, 6) is 0.607. The van der Waals surface area contributed by atoms with Crippen molar-refractivity contribution < 1.29 is 13.2 Å². The molecule has 0 heterocycles. The Balaban J connectivity index is 2.21. The van der Waals surface area contributed by atoms with Crippen LogP contribution in [0.15, 0.2) is 22.7 Å². The third kappa shape index (κ3) is 2.49. The van der Waals surface area contributed by atoms with Gasteiger partial charge in [-0.3, -0.25) is 4.72 Å². The van der Waals surface area contributed by atoms with E-state index in [4.69, 9.17) is 4.74 Å². The minimum absolute atomic E-state index is 0.220. The van der Waals surface area contributed by atoms with E-state index >= 15 is 0 Å². The maximum absolute atomic E-state index is 11.7. The van der Waals surface area contributed by atoms with Gasteiger partial charge in [0, 0.05) is 6.07 Å². The first-order valence-electron chi connectivity index (χ1n) is 4.88. The Hall–Kier alpha value is -0.750. The molecule has 1 aliphatic rings. The fourth-order valence-corrected chi connectivity index (χ4v) is 3.14. The maximum Gasteiger partial charge on any atom is 0.235 e. The van der Waals surface area contributed by atoms with Crippen molar-refractivity contribution >= 4 is 31.6 Å². The molecule has 6 heteroatoms. The normalized spacial score (nSPS) is 15.9. The first-order valence-corrected chi connectivity index (χ1v) is 7.22. The molecule has 0 atom stereocenters. The molecule has 4 nitrogen and oxygen atoms in total. The summed E-state index contributed by atoms with van der Waals surface area (Å²) in [5, 5.41) is -0.220. The molecule has 0 aromatic heterocycles. The van der Waals surface area contributed by atoms with Crippen molar-refractivity contribution in [1.29, 1.82) is 0 Å². The lowest BCUT2D eigenvalue weighted by molar-refractivity contribution is 0.412. The van der Waals surface area contributed by atoms with E-state index in [1.54, 1.807) is 25.3 Å². The summed E-state index contributed by atoms with van der Waals surface area (Å²) in [6.07, 6.45) is 1.51. The zero-order chi connectivity index (χ0) is 11.8. The number of sulfonamides is 1. The van der Waals surface area contributed by atoms with Crippen LogP contribution < -0.4 is 9.46 Å². The third-order valence-electron chi connectivity index (χ3n) is 2.37. The van der Waals surface area contributed by atoms with Crippen LogP contribution in [0.5, 0.6) is 5.75 Å². The zero-order valence-corrected chi connectivity index (χ0v) is 11.1. The predicted octanol–water partition coefficient (Wildman–Crippen LogP) is 2.36. The average molecular weight is 306 g/mol. The van der Waals surface area contributed by atoms with Gasteiger partial charge in [0.2, 0.25) is 10.0 Å². The van der Waals surface area contributed by atoms with Gasteiger partial charge in [0.15, 0.2) is 0 Å². The van der Waals surface area contributed by atoms with Crippen molar-refractivity contribution in [2.24, 2.45) is 0 Å². The lowest BCUT2D eigenvalue weighted by Crippen LogP contribution is -2.17. The van der Waals surface area contributed by atoms with Gasteiger partial charge in [-0.1, -0.05) is 0 Å².